The van der Waals surface area contributed by atoms with Crippen LogP contribution in [0.4, 0.5) is 0 Å². The van der Waals surface area contributed by atoms with E-state index in [1.165, 1.54) is 3.57 Å². The fraction of sp³-hybridized carbons (Fsp3) is 0.480. The first kappa shape index (κ1) is 23.7. The van der Waals surface area contributed by atoms with Crippen molar-refractivity contribution >= 4 is 22.6 Å². The summed E-state index contributed by atoms with van der Waals surface area (Å²) in [5, 5.41) is 8.61. The monoisotopic (exact) mass is 532 g/mol. The summed E-state index contributed by atoms with van der Waals surface area (Å²) in [6.45, 7) is 11.1. The Balaban J connectivity index is 1.44. The average Bonchev–Trinajstić information content (AvgIpc) is 3.20. The number of nitrogens with zero attached hydrogens (tertiary/aromatic N) is 4. The molecular formula is C25H33IN4O. The van der Waals surface area contributed by atoms with Crippen LogP contribution in [0.2, 0.25) is 0 Å². The third kappa shape index (κ3) is 7.59. The zero-order chi connectivity index (χ0) is 22.3. The molecule has 31 heavy (non-hydrogen) atoms. The summed E-state index contributed by atoms with van der Waals surface area (Å²) in [5.74, 6) is 0.986. The van der Waals surface area contributed by atoms with E-state index < -0.39 is 0 Å². The van der Waals surface area contributed by atoms with Crippen molar-refractivity contribution in [3.63, 3.8) is 0 Å². The third-order valence-electron chi connectivity index (χ3n) is 5.56. The van der Waals surface area contributed by atoms with Gasteiger partial charge in [-0.2, -0.15) is 0 Å². The summed E-state index contributed by atoms with van der Waals surface area (Å²) in [6.07, 6.45) is 10.0. The van der Waals surface area contributed by atoms with Gasteiger partial charge >= 0.3 is 0 Å². The maximum atomic E-state index is 5.98. The molecule has 2 aromatic heterocycles. The molecule has 166 valence electrons. The molecule has 0 radical (unpaired) electrons. The maximum Gasteiger partial charge on any atom is 0.132 e. The van der Waals surface area contributed by atoms with Crippen LogP contribution in [-0.2, 0) is 6.54 Å². The van der Waals surface area contributed by atoms with Gasteiger partial charge in [0.25, 0.3) is 0 Å². The van der Waals surface area contributed by atoms with Crippen LogP contribution in [0.3, 0.4) is 0 Å². The Morgan fingerprint density at radius 1 is 1.00 bits per heavy atom. The Morgan fingerprint density at radius 3 is 2.52 bits per heavy atom. The minimum Gasteiger partial charge on any atom is -0.492 e. The Hall–Kier alpha value is -1.96. The van der Waals surface area contributed by atoms with Crippen molar-refractivity contribution in [3.05, 3.63) is 58.6 Å². The minimum atomic E-state index is 0.222. The number of aryl methyl sites for hydroxylation is 1. The first-order valence-electron chi connectivity index (χ1n) is 10.9. The molecule has 1 aromatic carbocycles. The molecule has 5 nitrogen and oxygen atoms in total. The quantitative estimate of drug-likeness (QED) is 0.205. The number of para-hydroxylation sites is 1. The van der Waals surface area contributed by atoms with Crippen LogP contribution in [-0.4, -0.2) is 26.6 Å². The maximum absolute atomic E-state index is 5.98. The number of pyridine rings is 1. The second-order valence-corrected chi connectivity index (χ2v) is 10.9. The number of hydrogen-bond donors (Lipinski definition) is 0. The highest BCUT2D eigenvalue weighted by atomic mass is 127. The van der Waals surface area contributed by atoms with Gasteiger partial charge < -0.3 is 4.74 Å². The van der Waals surface area contributed by atoms with Gasteiger partial charge in [0.05, 0.1) is 16.4 Å². The topological polar surface area (TPSA) is 52.8 Å². The molecule has 0 unspecified atom stereocenters. The Morgan fingerprint density at radius 2 is 1.77 bits per heavy atom. The molecular weight excluding hydrogens is 499 g/mol. The summed E-state index contributed by atoms with van der Waals surface area (Å²) < 4.78 is 9.09. The summed E-state index contributed by atoms with van der Waals surface area (Å²) >= 11 is 2.33. The van der Waals surface area contributed by atoms with Gasteiger partial charge in [0.2, 0.25) is 0 Å². The van der Waals surface area contributed by atoms with Gasteiger partial charge in [0.15, 0.2) is 0 Å². The van der Waals surface area contributed by atoms with Crippen molar-refractivity contribution in [2.75, 3.05) is 6.61 Å². The molecule has 0 saturated heterocycles. The Labute approximate surface area is 199 Å². The lowest BCUT2D eigenvalue weighted by atomic mass is 9.71. The first-order valence-corrected chi connectivity index (χ1v) is 12.0. The van der Waals surface area contributed by atoms with E-state index in [9.17, 15) is 0 Å². The van der Waals surface area contributed by atoms with E-state index >= 15 is 0 Å². The minimum absolute atomic E-state index is 0.222. The van der Waals surface area contributed by atoms with Crippen LogP contribution >= 0.6 is 22.6 Å². The highest BCUT2D eigenvalue weighted by Crippen LogP contribution is 2.39. The molecule has 3 aromatic rings. The molecule has 0 amide bonds. The molecule has 0 atom stereocenters. The number of halogens is 1. The second-order valence-electron chi connectivity index (χ2n) is 9.75. The van der Waals surface area contributed by atoms with Gasteiger partial charge in [-0.15, -0.1) is 5.10 Å². The molecule has 0 aliphatic rings. The fourth-order valence-electron chi connectivity index (χ4n) is 4.24. The predicted molar refractivity (Wildman–Crippen MR) is 134 cm³/mol. The summed E-state index contributed by atoms with van der Waals surface area (Å²) in [5.41, 5.74) is 2.36. The normalized spacial score (nSPS) is 12.2. The molecule has 0 spiro atoms. The van der Waals surface area contributed by atoms with Crippen molar-refractivity contribution in [1.82, 2.24) is 20.0 Å². The zero-order valence-corrected chi connectivity index (χ0v) is 21.2. The molecule has 6 heteroatoms. The first-order chi connectivity index (χ1) is 14.7. The van der Waals surface area contributed by atoms with Gasteiger partial charge in [0, 0.05) is 24.5 Å². The average molecular weight is 532 g/mol. The van der Waals surface area contributed by atoms with Crippen molar-refractivity contribution in [2.24, 2.45) is 10.8 Å². The van der Waals surface area contributed by atoms with Crippen LogP contribution in [0.5, 0.6) is 5.75 Å². The van der Waals surface area contributed by atoms with Crippen LogP contribution in [0.25, 0.3) is 11.3 Å². The third-order valence-corrected chi connectivity index (χ3v) is 6.45. The van der Waals surface area contributed by atoms with Crippen LogP contribution in [0, 0.1) is 14.4 Å². The molecule has 0 bridgehead atoms. The lowest BCUT2D eigenvalue weighted by molar-refractivity contribution is 0.153. The Kier molecular flexibility index (Phi) is 8.08. The van der Waals surface area contributed by atoms with Gasteiger partial charge in [0.1, 0.15) is 11.4 Å². The van der Waals surface area contributed by atoms with E-state index in [0.29, 0.717) is 0 Å². The highest BCUT2D eigenvalue weighted by Gasteiger charge is 2.28. The van der Waals surface area contributed by atoms with E-state index in [1.54, 1.807) is 6.20 Å². The lowest BCUT2D eigenvalue weighted by Crippen LogP contribution is -2.25. The largest absolute Gasteiger partial charge is 0.492 e. The van der Waals surface area contributed by atoms with E-state index in [2.05, 4.69) is 71.6 Å². The fourth-order valence-corrected chi connectivity index (χ4v) is 4.78. The second kappa shape index (κ2) is 10.6. The lowest BCUT2D eigenvalue weighted by Gasteiger charge is -2.35. The van der Waals surface area contributed by atoms with Crippen LogP contribution in [0.1, 0.15) is 53.4 Å². The number of aromatic nitrogens is 4. The van der Waals surface area contributed by atoms with E-state index in [0.717, 1.165) is 55.8 Å². The van der Waals surface area contributed by atoms with Crippen molar-refractivity contribution in [2.45, 2.75) is 59.9 Å². The molecule has 0 aliphatic carbocycles. The Bertz CT molecular complexity index is 953. The zero-order valence-electron chi connectivity index (χ0n) is 19.0. The number of ether oxygens (including phenoxy) is 1. The number of hydrogen-bond acceptors (Lipinski definition) is 4. The SMILES string of the molecule is CC(C)(CCCOc1ccccc1I)CC(C)(C)CCn1cc(-c2cccnc2)nn1. The van der Waals surface area contributed by atoms with Crippen molar-refractivity contribution in [3.8, 4) is 17.0 Å². The van der Waals surface area contributed by atoms with Gasteiger partial charge in [-0.1, -0.05) is 45.0 Å². The molecule has 0 fully saturated rings. The summed E-state index contributed by atoms with van der Waals surface area (Å²) in [6, 6.07) is 12.1. The molecule has 2 heterocycles. The predicted octanol–water partition coefficient (Wildman–Crippen LogP) is 6.64. The van der Waals surface area contributed by atoms with Crippen LogP contribution in [0.15, 0.2) is 55.0 Å². The highest BCUT2D eigenvalue weighted by molar-refractivity contribution is 14.1. The number of rotatable bonds is 11. The van der Waals surface area contributed by atoms with E-state index in [4.69, 9.17) is 4.74 Å². The summed E-state index contributed by atoms with van der Waals surface area (Å²) in [4.78, 5) is 4.16. The van der Waals surface area contributed by atoms with Gasteiger partial charge in [-0.05, 0) is 83.4 Å². The van der Waals surface area contributed by atoms with Gasteiger partial charge in [-0.25, -0.2) is 0 Å². The van der Waals surface area contributed by atoms with E-state index in [1.807, 2.05) is 47.4 Å². The van der Waals surface area contributed by atoms with Gasteiger partial charge in [-0.3, -0.25) is 9.67 Å². The van der Waals surface area contributed by atoms with Crippen molar-refractivity contribution < 1.29 is 4.74 Å². The smallest absolute Gasteiger partial charge is 0.132 e. The number of benzene rings is 1. The van der Waals surface area contributed by atoms with E-state index in [-0.39, 0.29) is 10.8 Å². The van der Waals surface area contributed by atoms with Crippen molar-refractivity contribution in [1.29, 1.82) is 0 Å². The molecule has 0 N–H and O–H groups in total. The standard InChI is InChI=1S/C25H33IN4O/c1-24(2,12-8-16-31-23-11-6-5-10-21(23)26)19-25(3,4)13-15-30-18-22(28-29-30)20-9-7-14-27-17-20/h5-7,9-11,14,17-18H,8,12-13,15-16,19H2,1-4H3. The molecule has 0 aliphatic heterocycles. The molecule has 3 rings (SSSR count). The van der Waals surface area contributed by atoms with Crippen LogP contribution < -0.4 is 4.74 Å². The molecule has 0 saturated carbocycles. The summed E-state index contributed by atoms with van der Waals surface area (Å²) in [7, 11) is 0.